The van der Waals surface area contributed by atoms with Crippen molar-refractivity contribution in [2.24, 2.45) is 0 Å². The molecule has 110 valence electrons. The van der Waals surface area contributed by atoms with E-state index in [1.54, 1.807) is 0 Å². The highest BCUT2D eigenvalue weighted by Gasteiger charge is 2.21. The Morgan fingerprint density at radius 2 is 2.20 bits per heavy atom. The molecule has 7 heteroatoms. The lowest BCUT2D eigenvalue weighted by molar-refractivity contribution is 0.0685. The number of rotatable bonds is 6. The second-order valence-electron chi connectivity index (χ2n) is 5.11. The zero-order chi connectivity index (χ0) is 14.5. The number of aromatic nitrogens is 2. The van der Waals surface area contributed by atoms with Crippen molar-refractivity contribution in [2.45, 2.75) is 31.7 Å². The highest BCUT2D eigenvalue weighted by molar-refractivity contribution is 6.02. The van der Waals surface area contributed by atoms with Crippen LogP contribution in [0.15, 0.2) is 6.33 Å². The van der Waals surface area contributed by atoms with Gasteiger partial charge in [0.05, 0.1) is 6.33 Å². The van der Waals surface area contributed by atoms with E-state index in [-0.39, 0.29) is 11.4 Å². The van der Waals surface area contributed by atoms with Crippen LogP contribution < -0.4 is 5.32 Å². The molecule has 0 spiro atoms. The molecule has 7 nitrogen and oxygen atoms in total. The van der Waals surface area contributed by atoms with E-state index in [0.29, 0.717) is 12.6 Å². The number of hydrogen-bond donors (Lipinski definition) is 3. The Labute approximate surface area is 117 Å². The molecule has 1 aromatic rings. The van der Waals surface area contributed by atoms with Crippen molar-refractivity contribution in [3.63, 3.8) is 0 Å². The Morgan fingerprint density at radius 1 is 1.50 bits per heavy atom. The Bertz CT molecular complexity index is 480. The number of amides is 1. The first-order chi connectivity index (χ1) is 9.59. The molecule has 20 heavy (non-hydrogen) atoms. The summed E-state index contributed by atoms with van der Waals surface area (Å²) in [6.07, 6.45) is 6.19. The number of imidazole rings is 1. The van der Waals surface area contributed by atoms with E-state index in [2.05, 4.69) is 27.2 Å². The van der Waals surface area contributed by atoms with Gasteiger partial charge >= 0.3 is 5.97 Å². The van der Waals surface area contributed by atoms with Crippen molar-refractivity contribution in [1.82, 2.24) is 20.2 Å². The Hall–Kier alpha value is -1.89. The zero-order valence-corrected chi connectivity index (χ0v) is 11.6. The number of aromatic carboxylic acids is 1. The summed E-state index contributed by atoms with van der Waals surface area (Å²) in [5.41, 5.74) is -0.243. The van der Waals surface area contributed by atoms with Crippen LogP contribution in [0, 0.1) is 0 Å². The monoisotopic (exact) mass is 280 g/mol. The number of aromatic amines is 1. The Morgan fingerprint density at radius 3 is 2.85 bits per heavy atom. The quantitative estimate of drug-likeness (QED) is 0.713. The van der Waals surface area contributed by atoms with E-state index in [4.69, 9.17) is 5.11 Å². The van der Waals surface area contributed by atoms with Crippen LogP contribution in [0.4, 0.5) is 0 Å². The lowest BCUT2D eigenvalue weighted by atomic mass is 10.2. The normalized spacial score (nSPS) is 15.7. The van der Waals surface area contributed by atoms with Crippen LogP contribution in [0.1, 0.15) is 46.7 Å². The molecule has 0 saturated heterocycles. The summed E-state index contributed by atoms with van der Waals surface area (Å²) in [4.78, 5) is 31.2. The van der Waals surface area contributed by atoms with Gasteiger partial charge in [0.15, 0.2) is 11.4 Å². The highest BCUT2D eigenvalue weighted by atomic mass is 16.4. The molecule has 1 aliphatic carbocycles. The topological polar surface area (TPSA) is 98.3 Å². The smallest absolute Gasteiger partial charge is 0.354 e. The summed E-state index contributed by atoms with van der Waals surface area (Å²) in [6, 6.07) is 0.604. The number of carbonyl (C=O) groups is 2. The molecular weight excluding hydrogens is 260 g/mol. The summed E-state index contributed by atoms with van der Waals surface area (Å²) in [6.45, 7) is 1.24. The molecule has 1 heterocycles. The fraction of sp³-hybridized carbons (Fsp3) is 0.615. The molecular formula is C13H20N4O3. The Kier molecular flexibility index (Phi) is 4.73. The molecule has 0 unspecified atom stereocenters. The van der Waals surface area contributed by atoms with Crippen LogP contribution in [0.5, 0.6) is 0 Å². The standard InChI is InChI=1S/C13H20N4O3/c1-17(9-4-2-3-5-9)7-6-14-12(18)10-11(13(19)20)16-8-15-10/h8-9H,2-7H2,1H3,(H,14,18)(H,15,16)(H,19,20). The Balaban J connectivity index is 1.80. The molecule has 0 aliphatic heterocycles. The predicted molar refractivity (Wildman–Crippen MR) is 72.8 cm³/mol. The molecule has 0 aromatic carbocycles. The van der Waals surface area contributed by atoms with Crippen LogP contribution in [0.25, 0.3) is 0 Å². The molecule has 1 amide bonds. The molecule has 1 aliphatic rings. The van der Waals surface area contributed by atoms with E-state index in [0.717, 1.165) is 6.54 Å². The molecule has 1 aromatic heterocycles. The van der Waals surface area contributed by atoms with E-state index in [9.17, 15) is 9.59 Å². The molecule has 1 saturated carbocycles. The zero-order valence-electron chi connectivity index (χ0n) is 11.6. The average Bonchev–Trinajstić information content (AvgIpc) is 3.09. The minimum atomic E-state index is -1.18. The van der Waals surface area contributed by atoms with Crippen LogP contribution in [0.2, 0.25) is 0 Å². The summed E-state index contributed by atoms with van der Waals surface area (Å²) in [5.74, 6) is -1.64. The number of nitrogens with zero attached hydrogens (tertiary/aromatic N) is 2. The summed E-state index contributed by atoms with van der Waals surface area (Å²) >= 11 is 0. The lowest BCUT2D eigenvalue weighted by Crippen LogP contribution is -2.37. The van der Waals surface area contributed by atoms with Crippen molar-refractivity contribution in [2.75, 3.05) is 20.1 Å². The minimum Gasteiger partial charge on any atom is -0.477 e. The van der Waals surface area contributed by atoms with E-state index >= 15 is 0 Å². The fourth-order valence-corrected chi connectivity index (χ4v) is 2.59. The van der Waals surface area contributed by atoms with Gasteiger partial charge in [-0.2, -0.15) is 0 Å². The second kappa shape index (κ2) is 6.51. The van der Waals surface area contributed by atoms with Gasteiger partial charge in [0.2, 0.25) is 0 Å². The van der Waals surface area contributed by atoms with Crippen molar-refractivity contribution >= 4 is 11.9 Å². The molecule has 0 atom stereocenters. The van der Waals surface area contributed by atoms with Gasteiger partial charge in [-0.3, -0.25) is 4.79 Å². The average molecular weight is 280 g/mol. The van der Waals surface area contributed by atoms with Gasteiger partial charge in [0, 0.05) is 19.1 Å². The third kappa shape index (κ3) is 3.36. The SMILES string of the molecule is CN(CCNC(=O)c1nc[nH]c1C(=O)O)C1CCCC1. The molecule has 2 rings (SSSR count). The summed E-state index contributed by atoms with van der Waals surface area (Å²) < 4.78 is 0. The van der Waals surface area contributed by atoms with E-state index in [1.165, 1.54) is 32.0 Å². The maximum absolute atomic E-state index is 11.9. The third-order valence-corrected chi connectivity index (χ3v) is 3.77. The maximum atomic E-state index is 11.9. The number of nitrogens with one attached hydrogen (secondary N) is 2. The van der Waals surface area contributed by atoms with Crippen LogP contribution >= 0.6 is 0 Å². The first-order valence-corrected chi connectivity index (χ1v) is 6.84. The predicted octanol–water partition coefficient (Wildman–Crippen LogP) is 0.712. The largest absolute Gasteiger partial charge is 0.477 e. The molecule has 1 fully saturated rings. The first kappa shape index (κ1) is 14.5. The molecule has 0 radical (unpaired) electrons. The summed E-state index contributed by atoms with van der Waals surface area (Å²) in [5, 5.41) is 11.6. The van der Waals surface area contributed by atoms with E-state index in [1.807, 2.05) is 0 Å². The second-order valence-corrected chi connectivity index (χ2v) is 5.11. The van der Waals surface area contributed by atoms with Crippen molar-refractivity contribution in [3.05, 3.63) is 17.7 Å². The number of hydrogen-bond acceptors (Lipinski definition) is 4. The van der Waals surface area contributed by atoms with Gasteiger partial charge in [-0.25, -0.2) is 9.78 Å². The van der Waals surface area contributed by atoms with Crippen LogP contribution in [-0.4, -0.2) is 58.0 Å². The number of likely N-dealkylation sites (N-methyl/N-ethyl adjacent to an activating group) is 1. The third-order valence-electron chi connectivity index (χ3n) is 3.77. The van der Waals surface area contributed by atoms with Crippen molar-refractivity contribution in [3.8, 4) is 0 Å². The number of carbonyl (C=O) groups excluding carboxylic acids is 1. The van der Waals surface area contributed by atoms with Crippen LogP contribution in [-0.2, 0) is 0 Å². The van der Waals surface area contributed by atoms with Gasteiger partial charge in [0.1, 0.15) is 0 Å². The van der Waals surface area contributed by atoms with Gasteiger partial charge in [0.25, 0.3) is 5.91 Å². The first-order valence-electron chi connectivity index (χ1n) is 6.84. The van der Waals surface area contributed by atoms with E-state index < -0.39 is 11.9 Å². The number of carboxylic acids is 1. The minimum absolute atomic E-state index is 0.0685. The summed E-state index contributed by atoms with van der Waals surface area (Å²) in [7, 11) is 2.05. The molecule has 0 bridgehead atoms. The lowest BCUT2D eigenvalue weighted by Gasteiger charge is -2.23. The van der Waals surface area contributed by atoms with Crippen molar-refractivity contribution < 1.29 is 14.7 Å². The molecule has 3 N–H and O–H groups in total. The number of H-pyrrole nitrogens is 1. The van der Waals surface area contributed by atoms with Gasteiger partial charge in [-0.15, -0.1) is 0 Å². The van der Waals surface area contributed by atoms with Gasteiger partial charge in [-0.1, -0.05) is 12.8 Å². The number of carboxylic acid groups (broad SMARTS) is 1. The fourth-order valence-electron chi connectivity index (χ4n) is 2.59. The van der Waals surface area contributed by atoms with Crippen molar-refractivity contribution in [1.29, 1.82) is 0 Å². The van der Waals surface area contributed by atoms with Gasteiger partial charge < -0.3 is 20.3 Å². The van der Waals surface area contributed by atoms with Crippen LogP contribution in [0.3, 0.4) is 0 Å². The maximum Gasteiger partial charge on any atom is 0.354 e. The highest BCUT2D eigenvalue weighted by Crippen LogP contribution is 2.21. The van der Waals surface area contributed by atoms with Gasteiger partial charge in [-0.05, 0) is 19.9 Å².